The van der Waals surface area contributed by atoms with E-state index in [4.69, 9.17) is 4.74 Å². The second-order valence-corrected chi connectivity index (χ2v) is 9.08. The Morgan fingerprint density at radius 3 is 2.61 bits per heavy atom. The Kier molecular flexibility index (Phi) is 7.88. The van der Waals surface area contributed by atoms with Gasteiger partial charge in [0.05, 0.1) is 6.61 Å². The average molecular weight is 478 g/mol. The van der Waals surface area contributed by atoms with Crippen molar-refractivity contribution in [2.24, 2.45) is 0 Å². The van der Waals surface area contributed by atoms with E-state index in [0.29, 0.717) is 17.3 Å². The van der Waals surface area contributed by atoms with Gasteiger partial charge in [0.25, 0.3) is 5.91 Å². The second kappa shape index (κ2) is 10.6. The third kappa shape index (κ3) is 6.32. The van der Waals surface area contributed by atoms with Crippen molar-refractivity contribution in [1.29, 1.82) is 0 Å². The number of hydrogen-bond acceptors (Lipinski definition) is 6. The van der Waals surface area contributed by atoms with E-state index in [9.17, 15) is 4.79 Å². The normalized spacial score (nSPS) is 10.6. The molecular formula is C20H20BrN3O2S2. The Bertz CT molecular complexity index is 899. The van der Waals surface area contributed by atoms with Gasteiger partial charge < -0.3 is 4.74 Å². The molecule has 0 saturated carbocycles. The molecule has 8 heteroatoms. The van der Waals surface area contributed by atoms with Crippen LogP contribution in [0.15, 0.2) is 57.3 Å². The molecule has 0 spiro atoms. The van der Waals surface area contributed by atoms with E-state index in [2.05, 4.69) is 50.5 Å². The lowest BCUT2D eigenvalue weighted by atomic mass is 10.2. The number of nitrogens with one attached hydrogen (secondary N) is 1. The van der Waals surface area contributed by atoms with Crippen LogP contribution in [0.2, 0.25) is 0 Å². The molecule has 0 aliphatic rings. The van der Waals surface area contributed by atoms with Crippen LogP contribution in [0.1, 0.15) is 35.7 Å². The standard InChI is InChI=1S/C20H20BrN3O2S2/c1-2-3-12-26-17-10-6-15(7-11-17)18(25)22-19-23-24-20(28-19)27-13-14-4-8-16(21)9-5-14/h4-11H,2-3,12-13H2,1H3,(H,22,23,25). The SMILES string of the molecule is CCCCOc1ccc(C(=O)Nc2nnc(SCc3ccc(Br)cc3)s2)cc1. The first-order valence-electron chi connectivity index (χ1n) is 8.89. The summed E-state index contributed by atoms with van der Waals surface area (Å²) in [4.78, 5) is 12.4. The molecular weight excluding hydrogens is 458 g/mol. The summed E-state index contributed by atoms with van der Waals surface area (Å²) >= 11 is 6.40. The van der Waals surface area contributed by atoms with Gasteiger partial charge in [-0.05, 0) is 48.4 Å². The third-order valence-electron chi connectivity index (χ3n) is 3.79. The molecule has 0 saturated heterocycles. The summed E-state index contributed by atoms with van der Waals surface area (Å²) in [6.45, 7) is 2.81. The minimum absolute atomic E-state index is 0.208. The summed E-state index contributed by atoms with van der Waals surface area (Å²) < 4.78 is 7.49. The summed E-state index contributed by atoms with van der Waals surface area (Å²) in [7, 11) is 0. The highest BCUT2D eigenvalue weighted by molar-refractivity contribution is 9.10. The fourth-order valence-corrected chi connectivity index (χ4v) is 4.22. The van der Waals surface area contributed by atoms with Crippen LogP contribution in [-0.4, -0.2) is 22.7 Å². The van der Waals surface area contributed by atoms with E-state index in [1.807, 2.05) is 24.3 Å². The van der Waals surface area contributed by atoms with Crippen LogP contribution in [0.3, 0.4) is 0 Å². The molecule has 0 atom stereocenters. The summed E-state index contributed by atoms with van der Waals surface area (Å²) in [5.41, 5.74) is 1.76. The Hall–Kier alpha value is -1.90. The number of halogens is 1. The molecule has 28 heavy (non-hydrogen) atoms. The monoisotopic (exact) mass is 477 g/mol. The van der Waals surface area contributed by atoms with Crippen molar-refractivity contribution >= 4 is 50.1 Å². The molecule has 0 aliphatic heterocycles. The molecule has 1 aromatic heterocycles. The lowest BCUT2D eigenvalue weighted by Gasteiger charge is -2.06. The molecule has 146 valence electrons. The van der Waals surface area contributed by atoms with Crippen molar-refractivity contribution in [2.75, 3.05) is 11.9 Å². The van der Waals surface area contributed by atoms with Gasteiger partial charge in [0.1, 0.15) is 5.75 Å². The van der Waals surface area contributed by atoms with Crippen LogP contribution in [-0.2, 0) is 5.75 Å². The zero-order valence-corrected chi connectivity index (χ0v) is 18.6. The molecule has 3 rings (SSSR count). The van der Waals surface area contributed by atoms with Crippen LogP contribution in [0.25, 0.3) is 0 Å². The molecule has 1 heterocycles. The zero-order valence-electron chi connectivity index (χ0n) is 15.4. The number of amides is 1. The smallest absolute Gasteiger partial charge is 0.257 e. The molecule has 0 aliphatic carbocycles. The Labute approximate surface area is 181 Å². The van der Waals surface area contributed by atoms with Gasteiger partial charge >= 0.3 is 0 Å². The number of nitrogens with zero attached hydrogens (tertiary/aromatic N) is 2. The van der Waals surface area contributed by atoms with E-state index in [1.54, 1.807) is 23.9 Å². The van der Waals surface area contributed by atoms with E-state index in [-0.39, 0.29) is 5.91 Å². The lowest BCUT2D eigenvalue weighted by Crippen LogP contribution is -2.11. The highest BCUT2D eigenvalue weighted by atomic mass is 79.9. The number of ether oxygens (including phenoxy) is 1. The zero-order chi connectivity index (χ0) is 19.8. The van der Waals surface area contributed by atoms with Gasteiger partial charge in [-0.1, -0.05) is 64.5 Å². The van der Waals surface area contributed by atoms with Gasteiger partial charge in [-0.3, -0.25) is 10.1 Å². The lowest BCUT2D eigenvalue weighted by molar-refractivity contribution is 0.102. The van der Waals surface area contributed by atoms with E-state index in [1.165, 1.54) is 16.9 Å². The highest BCUT2D eigenvalue weighted by Crippen LogP contribution is 2.29. The van der Waals surface area contributed by atoms with E-state index in [0.717, 1.165) is 33.2 Å². The molecule has 0 bridgehead atoms. The first kappa shape index (κ1) is 20.8. The predicted octanol–water partition coefficient (Wildman–Crippen LogP) is 6.02. The number of benzene rings is 2. The van der Waals surface area contributed by atoms with Crippen molar-refractivity contribution < 1.29 is 9.53 Å². The second-order valence-electron chi connectivity index (χ2n) is 5.97. The van der Waals surface area contributed by atoms with Crippen LogP contribution in [0.5, 0.6) is 5.75 Å². The van der Waals surface area contributed by atoms with Crippen LogP contribution in [0, 0.1) is 0 Å². The van der Waals surface area contributed by atoms with Gasteiger partial charge in [-0.25, -0.2) is 0 Å². The highest BCUT2D eigenvalue weighted by Gasteiger charge is 2.11. The summed E-state index contributed by atoms with van der Waals surface area (Å²) in [5.74, 6) is 1.36. The maximum atomic E-state index is 12.4. The average Bonchev–Trinajstić information content (AvgIpc) is 3.15. The van der Waals surface area contributed by atoms with Crippen LogP contribution < -0.4 is 10.1 Å². The topological polar surface area (TPSA) is 64.1 Å². The quantitative estimate of drug-likeness (QED) is 0.231. The molecule has 0 fully saturated rings. The number of aromatic nitrogens is 2. The number of carbonyl (C=O) groups excluding carboxylic acids is 1. The number of thioether (sulfide) groups is 1. The first-order valence-corrected chi connectivity index (χ1v) is 11.5. The van der Waals surface area contributed by atoms with Crippen molar-refractivity contribution in [3.05, 3.63) is 64.1 Å². The summed E-state index contributed by atoms with van der Waals surface area (Å²) in [5, 5.41) is 11.5. The maximum absolute atomic E-state index is 12.4. The van der Waals surface area contributed by atoms with Crippen molar-refractivity contribution in [2.45, 2.75) is 29.9 Å². The fraction of sp³-hybridized carbons (Fsp3) is 0.250. The molecule has 2 aromatic carbocycles. The number of unbranched alkanes of at least 4 members (excludes halogenated alkanes) is 1. The van der Waals surface area contributed by atoms with Gasteiger partial charge in [0.15, 0.2) is 4.34 Å². The van der Waals surface area contributed by atoms with Crippen molar-refractivity contribution in [1.82, 2.24) is 10.2 Å². The third-order valence-corrected chi connectivity index (χ3v) is 6.36. The Morgan fingerprint density at radius 2 is 1.89 bits per heavy atom. The van der Waals surface area contributed by atoms with E-state index >= 15 is 0 Å². The van der Waals surface area contributed by atoms with Crippen LogP contribution in [0.4, 0.5) is 5.13 Å². The minimum atomic E-state index is -0.208. The number of carbonyl (C=O) groups is 1. The van der Waals surface area contributed by atoms with Crippen molar-refractivity contribution in [3.8, 4) is 5.75 Å². The predicted molar refractivity (Wildman–Crippen MR) is 118 cm³/mol. The maximum Gasteiger partial charge on any atom is 0.257 e. The van der Waals surface area contributed by atoms with Gasteiger partial charge in [0, 0.05) is 15.8 Å². The molecule has 5 nitrogen and oxygen atoms in total. The van der Waals surface area contributed by atoms with Crippen molar-refractivity contribution in [3.63, 3.8) is 0 Å². The summed E-state index contributed by atoms with van der Waals surface area (Å²) in [6, 6.07) is 15.3. The van der Waals surface area contributed by atoms with Gasteiger partial charge in [-0.15, -0.1) is 10.2 Å². The fourth-order valence-electron chi connectivity index (χ4n) is 2.25. The van der Waals surface area contributed by atoms with Crippen LogP contribution >= 0.6 is 39.0 Å². The minimum Gasteiger partial charge on any atom is -0.494 e. The number of anilines is 1. The molecule has 1 N–H and O–H groups in total. The molecule has 3 aromatic rings. The Balaban J connectivity index is 1.51. The first-order chi connectivity index (χ1) is 13.6. The van der Waals surface area contributed by atoms with E-state index < -0.39 is 0 Å². The molecule has 0 radical (unpaired) electrons. The summed E-state index contributed by atoms with van der Waals surface area (Å²) in [6.07, 6.45) is 2.10. The molecule has 0 unspecified atom stereocenters. The van der Waals surface area contributed by atoms with Gasteiger partial charge in [-0.2, -0.15) is 0 Å². The Morgan fingerprint density at radius 1 is 1.14 bits per heavy atom. The largest absolute Gasteiger partial charge is 0.494 e. The van der Waals surface area contributed by atoms with Gasteiger partial charge in [0.2, 0.25) is 5.13 Å². The molecule has 1 amide bonds. The number of hydrogen-bond donors (Lipinski definition) is 1. The number of rotatable bonds is 9.